The molecule has 0 saturated carbocycles. The minimum atomic E-state index is 0.0254. The lowest BCUT2D eigenvalue weighted by atomic mass is 9.89. The molecule has 19 heavy (non-hydrogen) atoms. The van der Waals surface area contributed by atoms with Gasteiger partial charge in [0.1, 0.15) is 11.6 Å². The number of nitrogens with zero attached hydrogens (tertiary/aromatic N) is 2. The van der Waals surface area contributed by atoms with Crippen molar-refractivity contribution in [3.63, 3.8) is 0 Å². The van der Waals surface area contributed by atoms with Crippen LogP contribution in [0.15, 0.2) is 30.6 Å². The summed E-state index contributed by atoms with van der Waals surface area (Å²) in [6.45, 7) is 5.88. The van der Waals surface area contributed by atoms with Gasteiger partial charge in [0, 0.05) is 30.0 Å². The number of anilines is 1. The smallest absolute Gasteiger partial charge is 0.144 e. The first-order valence-corrected chi connectivity index (χ1v) is 6.46. The van der Waals surface area contributed by atoms with E-state index in [-0.39, 0.29) is 5.41 Å². The lowest BCUT2D eigenvalue weighted by Crippen LogP contribution is -2.28. The van der Waals surface area contributed by atoms with Crippen molar-refractivity contribution in [2.24, 2.45) is 0 Å². The first-order valence-electron chi connectivity index (χ1n) is 6.46. The van der Waals surface area contributed by atoms with Gasteiger partial charge in [-0.25, -0.2) is 9.97 Å². The third-order valence-corrected chi connectivity index (χ3v) is 3.08. The first-order chi connectivity index (χ1) is 9.12. The third kappa shape index (κ3) is 3.54. The Bertz CT molecular complexity index is 504. The molecule has 0 saturated heterocycles. The van der Waals surface area contributed by atoms with Gasteiger partial charge in [0.15, 0.2) is 0 Å². The number of aromatic amines is 1. The van der Waals surface area contributed by atoms with Gasteiger partial charge in [-0.2, -0.15) is 0 Å². The highest BCUT2D eigenvalue weighted by Gasteiger charge is 2.21. The van der Waals surface area contributed by atoms with E-state index in [9.17, 15) is 0 Å². The minimum absolute atomic E-state index is 0.0254. The second-order valence-corrected chi connectivity index (χ2v) is 5.21. The summed E-state index contributed by atoms with van der Waals surface area (Å²) in [4.78, 5) is 11.9. The number of aromatic nitrogens is 3. The molecule has 3 N–H and O–H groups in total. The summed E-state index contributed by atoms with van der Waals surface area (Å²) < 4.78 is 0. The minimum Gasteiger partial charge on any atom is -0.369 e. The highest BCUT2D eigenvalue weighted by molar-refractivity contribution is 5.34. The highest BCUT2D eigenvalue weighted by Crippen LogP contribution is 2.21. The van der Waals surface area contributed by atoms with Crippen molar-refractivity contribution in [2.45, 2.75) is 25.8 Å². The molecule has 2 aromatic rings. The summed E-state index contributed by atoms with van der Waals surface area (Å²) in [7, 11) is 1.89. The predicted molar refractivity (Wildman–Crippen MR) is 77.1 cm³/mol. The molecular weight excluding hydrogens is 238 g/mol. The van der Waals surface area contributed by atoms with Crippen molar-refractivity contribution < 1.29 is 0 Å². The molecular formula is C14H21N5. The highest BCUT2D eigenvalue weighted by atomic mass is 15.0. The Kier molecular flexibility index (Phi) is 4.16. The monoisotopic (exact) mass is 259 g/mol. The molecule has 2 aromatic heterocycles. The van der Waals surface area contributed by atoms with Crippen LogP contribution in [0.3, 0.4) is 0 Å². The van der Waals surface area contributed by atoms with Crippen LogP contribution in [0.25, 0.3) is 0 Å². The van der Waals surface area contributed by atoms with Crippen molar-refractivity contribution in [1.29, 1.82) is 0 Å². The van der Waals surface area contributed by atoms with Gasteiger partial charge >= 0.3 is 0 Å². The lowest BCUT2D eigenvalue weighted by Gasteiger charge is -2.24. The van der Waals surface area contributed by atoms with Gasteiger partial charge in [-0.15, -0.1) is 0 Å². The molecule has 0 aliphatic rings. The molecule has 2 rings (SSSR count). The molecule has 0 aromatic carbocycles. The number of H-pyrrole nitrogens is 1. The molecule has 102 valence electrons. The summed E-state index contributed by atoms with van der Waals surface area (Å²) in [6, 6.07) is 6.02. The zero-order valence-corrected chi connectivity index (χ0v) is 11.7. The molecule has 2 heterocycles. The first kappa shape index (κ1) is 13.5. The molecule has 0 atom stereocenters. The second kappa shape index (κ2) is 5.84. The van der Waals surface area contributed by atoms with Crippen LogP contribution in [0.2, 0.25) is 0 Å². The van der Waals surface area contributed by atoms with Crippen molar-refractivity contribution in [1.82, 2.24) is 20.3 Å². The summed E-state index contributed by atoms with van der Waals surface area (Å²) in [5.41, 5.74) is 1.24. The molecule has 0 amide bonds. The fourth-order valence-electron chi connectivity index (χ4n) is 1.90. The van der Waals surface area contributed by atoms with Crippen LogP contribution >= 0.6 is 0 Å². The topological polar surface area (TPSA) is 65.6 Å². The normalized spacial score (nSPS) is 11.5. The lowest BCUT2D eigenvalue weighted by molar-refractivity contribution is 0.540. The maximum absolute atomic E-state index is 4.45. The Morgan fingerprint density at radius 3 is 2.84 bits per heavy atom. The second-order valence-electron chi connectivity index (χ2n) is 5.21. The number of rotatable bonds is 6. The average Bonchev–Trinajstić information content (AvgIpc) is 2.92. The summed E-state index contributed by atoms with van der Waals surface area (Å²) in [6.07, 6.45) is 3.73. The fourth-order valence-corrected chi connectivity index (χ4v) is 1.90. The maximum Gasteiger partial charge on any atom is 0.144 e. The van der Waals surface area contributed by atoms with Crippen LogP contribution in [-0.2, 0) is 12.0 Å². The van der Waals surface area contributed by atoms with E-state index < -0.39 is 0 Å². The predicted octanol–water partition coefficient (Wildman–Crippen LogP) is 1.91. The maximum atomic E-state index is 4.45. The van der Waals surface area contributed by atoms with Crippen LogP contribution in [0.1, 0.15) is 25.4 Å². The molecule has 0 spiro atoms. The number of hydrogen-bond acceptors (Lipinski definition) is 4. The SMILES string of the molecule is CNCc1nccc(NCC(C)(C)c2ccc[nH]2)n1. The molecule has 0 unspecified atom stereocenters. The zero-order valence-electron chi connectivity index (χ0n) is 11.7. The van der Waals surface area contributed by atoms with Crippen molar-refractivity contribution in [3.05, 3.63) is 42.1 Å². The molecule has 0 aliphatic carbocycles. The van der Waals surface area contributed by atoms with Crippen molar-refractivity contribution >= 4 is 5.82 Å². The van der Waals surface area contributed by atoms with Crippen LogP contribution in [0, 0.1) is 0 Å². The molecule has 5 nitrogen and oxygen atoms in total. The van der Waals surface area contributed by atoms with Gasteiger partial charge in [-0.1, -0.05) is 13.8 Å². The summed E-state index contributed by atoms with van der Waals surface area (Å²) in [5, 5.41) is 6.42. The van der Waals surface area contributed by atoms with Gasteiger partial charge in [0.25, 0.3) is 0 Å². The van der Waals surface area contributed by atoms with Crippen molar-refractivity contribution in [3.8, 4) is 0 Å². The van der Waals surface area contributed by atoms with E-state index >= 15 is 0 Å². The van der Waals surface area contributed by atoms with Gasteiger partial charge in [0.2, 0.25) is 0 Å². The van der Waals surface area contributed by atoms with E-state index in [2.05, 4.69) is 45.5 Å². The van der Waals surface area contributed by atoms with Gasteiger partial charge in [0.05, 0.1) is 6.54 Å². The van der Waals surface area contributed by atoms with Gasteiger partial charge in [-0.05, 0) is 25.2 Å². The van der Waals surface area contributed by atoms with E-state index in [1.54, 1.807) is 6.20 Å². The van der Waals surface area contributed by atoms with E-state index in [0.29, 0.717) is 6.54 Å². The number of hydrogen-bond donors (Lipinski definition) is 3. The third-order valence-electron chi connectivity index (χ3n) is 3.08. The zero-order chi connectivity index (χ0) is 13.7. The fraction of sp³-hybridized carbons (Fsp3) is 0.429. The Morgan fingerprint density at radius 2 is 2.16 bits per heavy atom. The Labute approximate surface area is 113 Å². The van der Waals surface area contributed by atoms with Crippen LogP contribution in [0.5, 0.6) is 0 Å². The number of nitrogens with one attached hydrogen (secondary N) is 3. The molecule has 0 aliphatic heterocycles. The molecule has 0 bridgehead atoms. The van der Waals surface area contributed by atoms with Crippen LogP contribution in [-0.4, -0.2) is 28.5 Å². The van der Waals surface area contributed by atoms with E-state index in [1.165, 1.54) is 5.69 Å². The van der Waals surface area contributed by atoms with E-state index in [4.69, 9.17) is 0 Å². The standard InChI is InChI=1S/C14H21N5/c1-14(2,11-5-4-7-16-11)10-18-12-6-8-17-13(19-12)9-15-3/h4-8,15-16H,9-10H2,1-3H3,(H,17,18,19). The largest absolute Gasteiger partial charge is 0.369 e. The van der Waals surface area contributed by atoms with Crippen LogP contribution in [0.4, 0.5) is 5.82 Å². The summed E-state index contributed by atoms with van der Waals surface area (Å²) >= 11 is 0. The van der Waals surface area contributed by atoms with Gasteiger partial charge in [-0.3, -0.25) is 0 Å². The summed E-state index contributed by atoms with van der Waals surface area (Å²) in [5.74, 6) is 1.66. The Morgan fingerprint density at radius 1 is 1.32 bits per heavy atom. The van der Waals surface area contributed by atoms with E-state index in [0.717, 1.165) is 18.2 Å². The Hall–Kier alpha value is -1.88. The molecule has 5 heteroatoms. The van der Waals surface area contributed by atoms with Gasteiger partial charge < -0.3 is 15.6 Å². The molecule has 0 fully saturated rings. The quantitative estimate of drug-likeness (QED) is 0.741. The van der Waals surface area contributed by atoms with Crippen molar-refractivity contribution in [2.75, 3.05) is 18.9 Å². The average molecular weight is 259 g/mol. The molecule has 0 radical (unpaired) electrons. The van der Waals surface area contributed by atoms with Crippen LogP contribution < -0.4 is 10.6 Å². The van der Waals surface area contributed by atoms with E-state index in [1.807, 2.05) is 25.4 Å². The Balaban J connectivity index is 2.00.